The van der Waals surface area contributed by atoms with Crippen molar-refractivity contribution in [2.75, 3.05) is 0 Å². The van der Waals surface area contributed by atoms with Crippen LogP contribution in [0.4, 0.5) is 0 Å². The van der Waals surface area contributed by atoms with Gasteiger partial charge in [-0.2, -0.15) is 0 Å². The lowest BCUT2D eigenvalue weighted by molar-refractivity contribution is 1.01. The molecule has 1 N–H and O–H groups in total. The average Bonchev–Trinajstić information content (AvgIpc) is 2.66. The van der Waals surface area contributed by atoms with E-state index in [1.54, 1.807) is 30.6 Å². The van der Waals surface area contributed by atoms with Crippen LogP contribution < -0.4 is 5.69 Å². The number of benzene rings is 1. The predicted octanol–water partition coefficient (Wildman–Crippen LogP) is 2.37. The average molecular weight is 246 g/mol. The first-order valence-corrected chi connectivity index (χ1v) is 5.45. The van der Waals surface area contributed by atoms with Crippen molar-refractivity contribution < 1.29 is 0 Å². The van der Waals surface area contributed by atoms with Crippen LogP contribution in [0, 0.1) is 0 Å². The molecule has 84 valence electrons. The summed E-state index contributed by atoms with van der Waals surface area (Å²) in [4.78, 5) is 18.7. The number of halogens is 1. The van der Waals surface area contributed by atoms with E-state index in [0.717, 1.165) is 5.52 Å². The number of hydrogen-bond donors (Lipinski definition) is 1. The SMILES string of the molecule is O=c1[nH]c2ccncc2n1-c1ccccc1Cl. The van der Waals surface area contributed by atoms with Crippen molar-refractivity contribution in [1.82, 2.24) is 14.5 Å². The number of fused-ring (bicyclic) bond motifs is 1. The third kappa shape index (κ3) is 1.54. The Balaban J connectivity index is 2.42. The van der Waals surface area contributed by atoms with Crippen LogP contribution in [-0.2, 0) is 0 Å². The summed E-state index contributed by atoms with van der Waals surface area (Å²) in [5.74, 6) is 0. The van der Waals surface area contributed by atoms with Crippen LogP contribution in [0.3, 0.4) is 0 Å². The van der Waals surface area contributed by atoms with Gasteiger partial charge in [0.1, 0.15) is 0 Å². The summed E-state index contributed by atoms with van der Waals surface area (Å²) in [6.07, 6.45) is 3.27. The molecule has 2 aromatic heterocycles. The molecule has 0 spiro atoms. The van der Waals surface area contributed by atoms with Crippen molar-refractivity contribution in [3.8, 4) is 5.69 Å². The number of hydrogen-bond acceptors (Lipinski definition) is 2. The molecule has 4 nitrogen and oxygen atoms in total. The fourth-order valence-corrected chi connectivity index (χ4v) is 2.04. The van der Waals surface area contributed by atoms with Gasteiger partial charge in [0.05, 0.1) is 27.9 Å². The number of rotatable bonds is 1. The van der Waals surface area contributed by atoms with Gasteiger partial charge in [-0.3, -0.25) is 9.55 Å². The van der Waals surface area contributed by atoms with Gasteiger partial charge in [0.15, 0.2) is 0 Å². The Morgan fingerprint density at radius 1 is 1.24 bits per heavy atom. The number of nitrogens with one attached hydrogen (secondary N) is 1. The van der Waals surface area contributed by atoms with E-state index < -0.39 is 0 Å². The smallest absolute Gasteiger partial charge is 0.305 e. The molecule has 0 aliphatic heterocycles. The molecule has 0 amide bonds. The van der Waals surface area contributed by atoms with Gasteiger partial charge in [-0.05, 0) is 18.2 Å². The van der Waals surface area contributed by atoms with Gasteiger partial charge in [-0.1, -0.05) is 23.7 Å². The van der Waals surface area contributed by atoms with E-state index in [2.05, 4.69) is 9.97 Å². The van der Waals surface area contributed by atoms with Gasteiger partial charge >= 0.3 is 5.69 Å². The van der Waals surface area contributed by atoms with E-state index in [0.29, 0.717) is 16.2 Å². The number of H-pyrrole nitrogens is 1. The van der Waals surface area contributed by atoms with E-state index in [1.807, 2.05) is 12.1 Å². The van der Waals surface area contributed by atoms with E-state index >= 15 is 0 Å². The first-order chi connectivity index (χ1) is 8.27. The zero-order valence-corrected chi connectivity index (χ0v) is 9.48. The van der Waals surface area contributed by atoms with Crippen LogP contribution in [0.1, 0.15) is 0 Å². The number of pyridine rings is 1. The second kappa shape index (κ2) is 3.75. The molecule has 3 rings (SSSR count). The number of nitrogens with zero attached hydrogens (tertiary/aromatic N) is 2. The number of imidazole rings is 1. The fraction of sp³-hybridized carbons (Fsp3) is 0. The third-order valence-corrected chi connectivity index (χ3v) is 2.90. The Hall–Kier alpha value is -2.07. The Morgan fingerprint density at radius 2 is 2.06 bits per heavy atom. The van der Waals surface area contributed by atoms with Crippen molar-refractivity contribution >= 4 is 22.6 Å². The molecule has 5 heteroatoms. The lowest BCUT2D eigenvalue weighted by atomic mass is 10.3. The highest BCUT2D eigenvalue weighted by Gasteiger charge is 2.10. The maximum Gasteiger partial charge on any atom is 0.331 e. The highest BCUT2D eigenvalue weighted by Crippen LogP contribution is 2.21. The highest BCUT2D eigenvalue weighted by molar-refractivity contribution is 6.32. The Kier molecular flexibility index (Phi) is 2.23. The standard InChI is InChI=1S/C12H8ClN3O/c13-8-3-1-2-4-10(8)16-11-7-14-6-5-9(11)15-12(16)17/h1-7H,(H,15,17). The summed E-state index contributed by atoms with van der Waals surface area (Å²) in [6.45, 7) is 0. The summed E-state index contributed by atoms with van der Waals surface area (Å²) >= 11 is 6.09. The molecule has 0 radical (unpaired) electrons. The molecule has 0 aliphatic carbocycles. The maximum atomic E-state index is 11.9. The maximum absolute atomic E-state index is 11.9. The first kappa shape index (κ1) is 10.1. The summed E-state index contributed by atoms with van der Waals surface area (Å²) in [5, 5.41) is 0.527. The van der Waals surface area contributed by atoms with Gasteiger partial charge in [0.25, 0.3) is 0 Å². The molecule has 0 fully saturated rings. The zero-order chi connectivity index (χ0) is 11.8. The number of aromatic amines is 1. The van der Waals surface area contributed by atoms with Crippen LogP contribution in [0.5, 0.6) is 0 Å². The second-order valence-corrected chi connectivity index (χ2v) is 4.02. The Labute approximate surface area is 101 Å². The van der Waals surface area contributed by atoms with Crippen molar-refractivity contribution in [3.05, 3.63) is 58.2 Å². The van der Waals surface area contributed by atoms with Gasteiger partial charge < -0.3 is 4.98 Å². The van der Waals surface area contributed by atoms with Gasteiger partial charge in [-0.25, -0.2) is 4.79 Å². The Morgan fingerprint density at radius 3 is 2.88 bits per heavy atom. The molecule has 17 heavy (non-hydrogen) atoms. The monoisotopic (exact) mass is 245 g/mol. The largest absolute Gasteiger partial charge is 0.331 e. The van der Waals surface area contributed by atoms with E-state index in [-0.39, 0.29) is 5.69 Å². The summed E-state index contributed by atoms with van der Waals surface area (Å²) in [7, 11) is 0. The van der Waals surface area contributed by atoms with Crippen LogP contribution in [0.15, 0.2) is 47.5 Å². The molecule has 0 saturated carbocycles. The van der Waals surface area contributed by atoms with Crippen molar-refractivity contribution in [2.45, 2.75) is 0 Å². The van der Waals surface area contributed by atoms with Crippen LogP contribution >= 0.6 is 11.6 Å². The molecule has 0 aliphatic rings. The van der Waals surface area contributed by atoms with Gasteiger partial charge in [-0.15, -0.1) is 0 Å². The second-order valence-electron chi connectivity index (χ2n) is 3.61. The summed E-state index contributed by atoms with van der Waals surface area (Å²) < 4.78 is 1.52. The number of para-hydroxylation sites is 1. The predicted molar refractivity (Wildman–Crippen MR) is 66.7 cm³/mol. The van der Waals surface area contributed by atoms with Crippen molar-refractivity contribution in [3.63, 3.8) is 0 Å². The van der Waals surface area contributed by atoms with Crippen LogP contribution in [0.25, 0.3) is 16.7 Å². The number of aromatic nitrogens is 3. The lowest BCUT2D eigenvalue weighted by Crippen LogP contribution is -2.14. The van der Waals surface area contributed by atoms with Gasteiger partial charge in [0.2, 0.25) is 0 Å². The molecule has 2 heterocycles. The summed E-state index contributed by atoms with van der Waals surface area (Å²) in [5.41, 5.74) is 1.88. The molecular formula is C12H8ClN3O. The minimum absolute atomic E-state index is 0.221. The molecule has 0 saturated heterocycles. The minimum Gasteiger partial charge on any atom is -0.305 e. The normalized spacial score (nSPS) is 10.9. The zero-order valence-electron chi connectivity index (χ0n) is 8.72. The highest BCUT2D eigenvalue weighted by atomic mass is 35.5. The van der Waals surface area contributed by atoms with E-state index in [1.165, 1.54) is 4.57 Å². The molecule has 0 atom stereocenters. The van der Waals surface area contributed by atoms with Crippen LogP contribution in [-0.4, -0.2) is 14.5 Å². The summed E-state index contributed by atoms with van der Waals surface area (Å²) in [6, 6.07) is 8.96. The molecule has 0 bridgehead atoms. The molecular weight excluding hydrogens is 238 g/mol. The minimum atomic E-state index is -0.221. The Bertz CT molecular complexity index is 745. The van der Waals surface area contributed by atoms with Gasteiger partial charge in [0, 0.05) is 6.20 Å². The van der Waals surface area contributed by atoms with Crippen LogP contribution in [0.2, 0.25) is 5.02 Å². The molecule has 1 aromatic carbocycles. The molecule has 3 aromatic rings. The first-order valence-electron chi connectivity index (χ1n) is 5.07. The fourth-order valence-electron chi connectivity index (χ4n) is 1.82. The van der Waals surface area contributed by atoms with E-state index in [4.69, 9.17) is 11.6 Å². The topological polar surface area (TPSA) is 50.7 Å². The quantitative estimate of drug-likeness (QED) is 0.716. The van der Waals surface area contributed by atoms with Crippen molar-refractivity contribution in [1.29, 1.82) is 0 Å². The van der Waals surface area contributed by atoms with E-state index in [9.17, 15) is 4.79 Å². The molecule has 0 unspecified atom stereocenters. The van der Waals surface area contributed by atoms with Crippen molar-refractivity contribution in [2.24, 2.45) is 0 Å². The lowest BCUT2D eigenvalue weighted by Gasteiger charge is -2.04. The third-order valence-electron chi connectivity index (χ3n) is 2.58.